The van der Waals surface area contributed by atoms with Gasteiger partial charge in [0.1, 0.15) is 11.6 Å². The van der Waals surface area contributed by atoms with Crippen molar-refractivity contribution in [3.05, 3.63) is 87.4 Å². The van der Waals surface area contributed by atoms with Gasteiger partial charge in [0, 0.05) is 85.0 Å². The van der Waals surface area contributed by atoms with Gasteiger partial charge in [-0.25, -0.2) is 4.98 Å². The first kappa shape index (κ1) is 39.4. The monoisotopic (exact) mass is 750 g/mol. The van der Waals surface area contributed by atoms with Crippen LogP contribution in [0, 0.1) is 27.7 Å². The number of aromatic nitrogens is 3. The van der Waals surface area contributed by atoms with Crippen LogP contribution in [0.3, 0.4) is 0 Å². The van der Waals surface area contributed by atoms with Crippen molar-refractivity contribution in [2.75, 3.05) is 35.2 Å². The number of nitrogens with two attached hydrogens (primary N) is 1. The molecule has 0 spiro atoms. The second kappa shape index (κ2) is 19.7. The number of nitrogen functional groups attached to an aromatic ring is 1. The fourth-order valence-corrected chi connectivity index (χ4v) is 4.26. The summed E-state index contributed by atoms with van der Waals surface area (Å²) < 4.78 is 0. The number of carbonyl (C=O) groups is 3. The minimum atomic E-state index is -0.591. The molecule has 252 valence electrons. The van der Waals surface area contributed by atoms with Crippen molar-refractivity contribution in [3.63, 3.8) is 0 Å². The normalized spacial score (nSPS) is 14.6. The molecule has 0 saturated carbocycles. The molecule has 3 aliphatic heterocycles. The van der Waals surface area contributed by atoms with Crippen molar-refractivity contribution in [2.45, 2.75) is 38.5 Å². The van der Waals surface area contributed by atoms with E-state index in [1.807, 2.05) is 6.07 Å². The molecule has 0 aliphatic carbocycles. The molecule has 6 rings (SSSR count). The zero-order valence-corrected chi connectivity index (χ0v) is 27.1. The smallest absolute Gasteiger partial charge is 0.365 e. The van der Waals surface area contributed by atoms with Crippen LogP contribution in [0.4, 0.5) is 29.1 Å². The Bertz CT molecular complexity index is 1510. The Morgan fingerprint density at radius 2 is 1.26 bits per heavy atom. The molecule has 6 heterocycles. The molecule has 0 unspecified atom stereocenters. The van der Waals surface area contributed by atoms with Gasteiger partial charge in [-0.2, -0.15) is 0 Å². The molecule has 18 heteroatoms. The van der Waals surface area contributed by atoms with Crippen LogP contribution in [-0.4, -0.2) is 62.2 Å². The third-order valence-electron chi connectivity index (χ3n) is 6.15. The Hall–Kier alpha value is -4.59. The van der Waals surface area contributed by atoms with Gasteiger partial charge in [0.25, 0.3) is 0 Å². The van der Waals surface area contributed by atoms with E-state index in [0.29, 0.717) is 36.8 Å². The van der Waals surface area contributed by atoms with E-state index in [4.69, 9.17) is 17.3 Å². The standard InChI is InChI=1S/C9H9N3O3.C9H11N3O.C5H3ClN2O2.C4H7NO.CH3.Pd.H2/c13-9-5-2-6-11(9)7-3-1-4-8(10-7)12(14)15;10-7-3-1-4-8(11-7)12-6-2-5-9(12)13;6-4-2-1-3-5(7-4)8(9)10;6-4-2-1-3-5-4;;;/h1,3-4H,2,5-6H2;1,3-4H,2,5-6H2,(H2,10,11);1-3H;1-3H2,(H,5,6);1H3;;1H/q;;;;-1;;. The zero-order valence-electron chi connectivity index (χ0n) is 24.8. The summed E-state index contributed by atoms with van der Waals surface area (Å²) in [6.45, 7) is 2.24. The third-order valence-corrected chi connectivity index (χ3v) is 6.36. The van der Waals surface area contributed by atoms with Gasteiger partial charge >= 0.3 is 11.6 Å². The maximum Gasteiger partial charge on any atom is 0.365 e. The van der Waals surface area contributed by atoms with E-state index in [0.717, 1.165) is 38.8 Å². The minimum Gasteiger partial charge on any atom is -0.384 e. The molecule has 3 aromatic rings. The average molecular weight is 752 g/mol. The van der Waals surface area contributed by atoms with Gasteiger partial charge in [-0.05, 0) is 74.9 Å². The van der Waals surface area contributed by atoms with Gasteiger partial charge < -0.3 is 38.7 Å². The van der Waals surface area contributed by atoms with E-state index in [1.54, 1.807) is 23.1 Å². The van der Waals surface area contributed by atoms with Gasteiger partial charge in [0.05, 0.1) is 0 Å². The second-order valence-corrected chi connectivity index (χ2v) is 9.75. The van der Waals surface area contributed by atoms with Crippen LogP contribution < -0.4 is 20.9 Å². The van der Waals surface area contributed by atoms with E-state index in [2.05, 4.69) is 20.3 Å². The quantitative estimate of drug-likeness (QED) is 0.127. The van der Waals surface area contributed by atoms with Gasteiger partial charge in [0.2, 0.25) is 28.7 Å². The summed E-state index contributed by atoms with van der Waals surface area (Å²) in [6.07, 6.45) is 4.57. The number of hydrogen-bond acceptors (Lipinski definition) is 11. The molecule has 0 aromatic carbocycles. The number of nitro groups is 2. The van der Waals surface area contributed by atoms with Crippen molar-refractivity contribution in [1.29, 1.82) is 0 Å². The van der Waals surface area contributed by atoms with Crippen molar-refractivity contribution in [1.82, 2.24) is 20.3 Å². The molecular formula is C28H35ClN9O7Pd-. The largest absolute Gasteiger partial charge is 0.384 e. The molecule has 0 radical (unpaired) electrons. The molecule has 3 amide bonds. The van der Waals surface area contributed by atoms with E-state index in [1.165, 1.54) is 35.2 Å². The van der Waals surface area contributed by atoms with Crippen LogP contribution in [0.15, 0.2) is 54.6 Å². The number of anilines is 3. The third kappa shape index (κ3) is 12.4. The van der Waals surface area contributed by atoms with Crippen LogP contribution in [-0.2, 0) is 34.8 Å². The minimum absolute atomic E-state index is 0. The van der Waals surface area contributed by atoms with Crippen LogP contribution in [0.25, 0.3) is 0 Å². The predicted molar refractivity (Wildman–Crippen MR) is 169 cm³/mol. The molecule has 0 atom stereocenters. The summed E-state index contributed by atoms with van der Waals surface area (Å²) in [6, 6.07) is 14.0. The van der Waals surface area contributed by atoms with Crippen LogP contribution in [0.2, 0.25) is 5.15 Å². The fraction of sp³-hybridized carbons (Fsp3) is 0.321. The van der Waals surface area contributed by atoms with Gasteiger partial charge in [-0.3, -0.25) is 24.2 Å². The van der Waals surface area contributed by atoms with E-state index >= 15 is 0 Å². The number of pyridine rings is 3. The van der Waals surface area contributed by atoms with E-state index < -0.39 is 9.85 Å². The molecule has 46 heavy (non-hydrogen) atoms. The van der Waals surface area contributed by atoms with Gasteiger partial charge in [-0.1, -0.05) is 6.07 Å². The fourth-order valence-electron chi connectivity index (χ4n) is 4.10. The summed E-state index contributed by atoms with van der Waals surface area (Å²) in [4.78, 5) is 66.7. The Balaban J connectivity index is 0.000000611. The molecule has 3 fully saturated rings. The number of nitrogens with one attached hydrogen (secondary N) is 1. The van der Waals surface area contributed by atoms with E-state index in [-0.39, 0.29) is 63.8 Å². The van der Waals surface area contributed by atoms with Crippen molar-refractivity contribution >= 4 is 58.4 Å². The van der Waals surface area contributed by atoms with Gasteiger partial charge in [-0.15, -0.1) is 0 Å². The first-order chi connectivity index (χ1) is 21.0. The van der Waals surface area contributed by atoms with Crippen molar-refractivity contribution < 1.29 is 46.1 Å². The summed E-state index contributed by atoms with van der Waals surface area (Å²) in [5, 5.41) is 23.3. The number of halogens is 1. The van der Waals surface area contributed by atoms with Gasteiger partial charge in [0.15, 0.2) is 0 Å². The number of hydrogen-bond donors (Lipinski definition) is 2. The van der Waals surface area contributed by atoms with Crippen molar-refractivity contribution in [2.24, 2.45) is 0 Å². The topological polar surface area (TPSA) is 221 Å². The maximum absolute atomic E-state index is 11.4. The Labute approximate surface area is 285 Å². The summed E-state index contributed by atoms with van der Waals surface area (Å²) in [7, 11) is 0. The van der Waals surface area contributed by atoms with Crippen LogP contribution in [0.1, 0.15) is 40.0 Å². The predicted octanol–water partition coefficient (Wildman–Crippen LogP) is 4.14. The summed E-state index contributed by atoms with van der Waals surface area (Å²) in [5.41, 5.74) is 5.52. The number of amides is 3. The molecule has 3 N–H and O–H groups in total. The van der Waals surface area contributed by atoms with Crippen molar-refractivity contribution in [3.8, 4) is 0 Å². The molecule has 0 bridgehead atoms. The zero-order chi connectivity index (χ0) is 32.1. The maximum atomic E-state index is 11.4. The Morgan fingerprint density at radius 1 is 0.761 bits per heavy atom. The molecule has 3 aliphatic rings. The van der Waals surface area contributed by atoms with Crippen LogP contribution in [0.5, 0.6) is 0 Å². The summed E-state index contributed by atoms with van der Waals surface area (Å²) in [5.74, 6) is 1.35. The first-order valence-corrected chi connectivity index (χ1v) is 13.9. The number of carbonyl (C=O) groups excluding carboxylic acids is 3. The Morgan fingerprint density at radius 3 is 1.63 bits per heavy atom. The first-order valence-electron chi connectivity index (χ1n) is 13.5. The Kier molecular flexibility index (Phi) is 16.9. The second-order valence-electron chi connectivity index (χ2n) is 9.36. The number of nitrogens with zero attached hydrogens (tertiary/aromatic N) is 7. The molecule has 3 aromatic heterocycles. The van der Waals surface area contributed by atoms with E-state index in [9.17, 15) is 34.6 Å². The molecular weight excluding hydrogens is 716 g/mol. The van der Waals surface area contributed by atoms with Crippen LogP contribution >= 0.6 is 11.6 Å². The molecule has 16 nitrogen and oxygen atoms in total. The number of rotatable bonds is 4. The molecule has 3 saturated heterocycles. The average Bonchev–Trinajstić information content (AvgIpc) is 3.77. The summed E-state index contributed by atoms with van der Waals surface area (Å²) >= 11 is 5.37. The SMILES string of the molecule is Nc1cccc(N2CCCC2=O)n1.O=C1CCCN1.O=C1CCCN1c1cccc([N+](=O)[O-])n1.O=[N+]([O-])c1cccc(Cl)n1.[CH3-].[HH].[Pd].